The number of thiazole rings is 1. The van der Waals surface area contributed by atoms with E-state index in [9.17, 15) is 9.59 Å². The summed E-state index contributed by atoms with van der Waals surface area (Å²) in [7, 11) is 0. The van der Waals surface area contributed by atoms with Gasteiger partial charge in [0, 0.05) is 21.2 Å². The van der Waals surface area contributed by atoms with Gasteiger partial charge in [0.15, 0.2) is 6.61 Å². The summed E-state index contributed by atoms with van der Waals surface area (Å²) in [6.07, 6.45) is 0. The summed E-state index contributed by atoms with van der Waals surface area (Å²) < 4.78 is 5.57. The smallest absolute Gasteiger partial charge is 0.265 e. The molecular weight excluding hydrogens is 422 g/mol. The van der Waals surface area contributed by atoms with E-state index in [1.165, 1.54) is 4.90 Å². The molecule has 0 bridgehead atoms. The normalized spacial score (nSPS) is 13.1. The number of nitrogens with one attached hydrogen (secondary N) is 1. The van der Waals surface area contributed by atoms with Crippen LogP contribution in [0.1, 0.15) is 15.4 Å². The number of hydrogen-bond acceptors (Lipinski definition) is 5. The number of anilines is 2. The molecule has 0 aliphatic carbocycles. The van der Waals surface area contributed by atoms with Gasteiger partial charge < -0.3 is 10.1 Å². The number of benzene rings is 2. The Bertz CT molecular complexity index is 1160. The molecule has 0 atom stereocenters. The zero-order chi connectivity index (χ0) is 21.4. The third kappa shape index (κ3) is 4.04. The highest BCUT2D eigenvalue weighted by Crippen LogP contribution is 2.37. The quantitative estimate of drug-likeness (QED) is 0.634. The Labute approximate surface area is 183 Å². The van der Waals surface area contributed by atoms with Crippen LogP contribution >= 0.6 is 22.9 Å². The maximum atomic E-state index is 12.7. The number of ether oxygens (including phenoxy) is 1. The Morgan fingerprint density at radius 3 is 2.77 bits per heavy atom. The Morgan fingerprint density at radius 1 is 1.23 bits per heavy atom. The minimum absolute atomic E-state index is 0.106. The van der Waals surface area contributed by atoms with Gasteiger partial charge in [0.2, 0.25) is 5.91 Å². The summed E-state index contributed by atoms with van der Waals surface area (Å²) in [5.41, 5.74) is 3.82. The molecule has 1 aliphatic heterocycles. The van der Waals surface area contributed by atoms with E-state index in [2.05, 4.69) is 10.3 Å². The van der Waals surface area contributed by atoms with E-state index in [1.54, 1.807) is 23.5 Å². The summed E-state index contributed by atoms with van der Waals surface area (Å²) in [4.78, 5) is 32.4. The molecule has 1 aliphatic rings. The molecule has 2 aromatic carbocycles. The minimum atomic E-state index is -0.312. The highest BCUT2D eigenvalue weighted by molar-refractivity contribution is 7.11. The fourth-order valence-corrected chi connectivity index (χ4v) is 4.39. The number of halogens is 1. The van der Waals surface area contributed by atoms with Crippen LogP contribution < -0.4 is 15.0 Å². The lowest BCUT2D eigenvalue weighted by Crippen LogP contribution is -2.43. The molecule has 0 saturated heterocycles. The third-order valence-corrected chi connectivity index (χ3v) is 5.98. The Morgan fingerprint density at radius 2 is 2.03 bits per heavy atom. The first kappa shape index (κ1) is 20.4. The van der Waals surface area contributed by atoms with E-state index in [0.29, 0.717) is 22.1 Å². The molecule has 0 spiro atoms. The van der Waals surface area contributed by atoms with Crippen molar-refractivity contribution in [2.45, 2.75) is 20.8 Å². The molecule has 2 amide bonds. The topological polar surface area (TPSA) is 71.5 Å². The number of amides is 2. The number of fused-ring (bicyclic) bond motifs is 1. The fraction of sp³-hybridized carbons (Fsp3) is 0.227. The summed E-state index contributed by atoms with van der Waals surface area (Å²) in [6, 6.07) is 10.9. The van der Waals surface area contributed by atoms with Gasteiger partial charge in [0.05, 0.1) is 16.4 Å². The van der Waals surface area contributed by atoms with Crippen LogP contribution in [0.4, 0.5) is 11.4 Å². The van der Waals surface area contributed by atoms with Gasteiger partial charge >= 0.3 is 0 Å². The zero-order valence-corrected chi connectivity index (χ0v) is 18.4. The summed E-state index contributed by atoms with van der Waals surface area (Å²) in [6.45, 7) is 5.62. The molecule has 0 radical (unpaired) electrons. The minimum Gasteiger partial charge on any atom is -0.482 e. The second-order valence-corrected chi connectivity index (χ2v) is 8.94. The van der Waals surface area contributed by atoms with E-state index < -0.39 is 0 Å². The Balaban J connectivity index is 1.62. The fourth-order valence-electron chi connectivity index (χ4n) is 3.38. The van der Waals surface area contributed by atoms with Gasteiger partial charge in [-0.25, -0.2) is 4.98 Å². The average Bonchev–Trinajstić information content (AvgIpc) is 3.04. The maximum absolute atomic E-state index is 12.7. The van der Waals surface area contributed by atoms with Gasteiger partial charge in [-0.05, 0) is 56.7 Å². The Hall–Kier alpha value is -2.90. The monoisotopic (exact) mass is 441 g/mol. The molecule has 30 heavy (non-hydrogen) atoms. The number of carbonyl (C=O) groups is 2. The molecule has 0 fully saturated rings. The van der Waals surface area contributed by atoms with Gasteiger partial charge in [0.1, 0.15) is 12.3 Å². The van der Waals surface area contributed by atoms with Crippen molar-refractivity contribution in [2.24, 2.45) is 0 Å². The molecule has 6 nitrogen and oxygen atoms in total. The van der Waals surface area contributed by atoms with Crippen LogP contribution in [0.5, 0.6) is 5.75 Å². The van der Waals surface area contributed by atoms with Gasteiger partial charge in [-0.1, -0.05) is 17.7 Å². The summed E-state index contributed by atoms with van der Waals surface area (Å²) in [5.74, 6) is -0.0221. The number of carbonyl (C=O) groups excluding carboxylic acids is 2. The second kappa shape index (κ2) is 8.08. The summed E-state index contributed by atoms with van der Waals surface area (Å²) >= 11 is 7.65. The molecule has 2 heterocycles. The molecule has 4 rings (SSSR count). The van der Waals surface area contributed by atoms with E-state index in [-0.39, 0.29) is 25.0 Å². The lowest BCUT2D eigenvalue weighted by molar-refractivity contribution is -0.123. The Kier molecular flexibility index (Phi) is 5.49. The largest absolute Gasteiger partial charge is 0.482 e. The van der Waals surface area contributed by atoms with Crippen molar-refractivity contribution in [3.8, 4) is 17.0 Å². The van der Waals surface area contributed by atoms with Crippen LogP contribution in [0.25, 0.3) is 11.3 Å². The van der Waals surface area contributed by atoms with Crippen LogP contribution in [-0.2, 0) is 9.59 Å². The molecule has 154 valence electrons. The van der Waals surface area contributed by atoms with E-state index >= 15 is 0 Å². The molecule has 0 saturated carbocycles. The first-order chi connectivity index (χ1) is 14.3. The highest BCUT2D eigenvalue weighted by Gasteiger charge is 2.28. The van der Waals surface area contributed by atoms with Gasteiger partial charge in [-0.15, -0.1) is 11.3 Å². The van der Waals surface area contributed by atoms with Gasteiger partial charge in [-0.3, -0.25) is 14.5 Å². The van der Waals surface area contributed by atoms with Crippen LogP contribution in [-0.4, -0.2) is 29.9 Å². The van der Waals surface area contributed by atoms with Crippen LogP contribution in [0.15, 0.2) is 36.4 Å². The van der Waals surface area contributed by atoms with Gasteiger partial charge in [0.25, 0.3) is 5.91 Å². The molecule has 1 aromatic heterocycles. The highest BCUT2D eigenvalue weighted by atomic mass is 35.5. The lowest BCUT2D eigenvalue weighted by atomic mass is 10.1. The van der Waals surface area contributed by atoms with E-state index in [0.717, 1.165) is 26.7 Å². The lowest BCUT2D eigenvalue weighted by Gasteiger charge is -2.29. The van der Waals surface area contributed by atoms with Crippen molar-refractivity contribution < 1.29 is 14.3 Å². The number of nitrogens with zero attached hydrogens (tertiary/aromatic N) is 2. The number of aryl methyl sites for hydroxylation is 3. The third-order valence-electron chi connectivity index (χ3n) is 4.85. The molecule has 1 N–H and O–H groups in total. The zero-order valence-electron chi connectivity index (χ0n) is 16.8. The molecule has 3 aromatic rings. The van der Waals surface area contributed by atoms with Crippen molar-refractivity contribution in [3.63, 3.8) is 0 Å². The number of rotatable bonds is 4. The second-order valence-electron chi connectivity index (χ2n) is 7.10. The number of aromatic nitrogens is 1. The number of hydrogen-bond donors (Lipinski definition) is 1. The van der Waals surface area contributed by atoms with Crippen molar-refractivity contribution in [3.05, 3.63) is 56.9 Å². The van der Waals surface area contributed by atoms with Crippen molar-refractivity contribution in [2.75, 3.05) is 23.4 Å². The SMILES string of the molecule is Cc1nc(-c2ccc3c(c2)N(CC(=O)Nc2cc(Cl)ccc2C)C(=O)CO3)c(C)s1. The van der Waals surface area contributed by atoms with E-state index in [1.807, 2.05) is 45.0 Å². The van der Waals surface area contributed by atoms with Crippen molar-refractivity contribution in [1.29, 1.82) is 0 Å². The first-order valence-corrected chi connectivity index (χ1v) is 10.6. The molecule has 0 unspecified atom stereocenters. The molecule has 8 heteroatoms. The predicted octanol–water partition coefficient (Wildman–Crippen LogP) is 4.75. The maximum Gasteiger partial charge on any atom is 0.265 e. The summed E-state index contributed by atoms with van der Waals surface area (Å²) in [5, 5.41) is 4.34. The van der Waals surface area contributed by atoms with Crippen LogP contribution in [0, 0.1) is 20.8 Å². The van der Waals surface area contributed by atoms with Crippen LogP contribution in [0.2, 0.25) is 5.02 Å². The van der Waals surface area contributed by atoms with Crippen LogP contribution in [0.3, 0.4) is 0 Å². The standard InChI is InChI=1S/C22H20ClN3O3S/c1-12-4-6-16(23)9-17(12)25-20(27)10-26-18-8-15(22-13(2)30-14(3)24-22)5-7-19(18)29-11-21(26)28/h4-9H,10-11H2,1-3H3,(H,25,27). The van der Waals surface area contributed by atoms with Gasteiger partial charge in [-0.2, -0.15) is 0 Å². The van der Waals surface area contributed by atoms with Crippen molar-refractivity contribution >= 4 is 46.1 Å². The van der Waals surface area contributed by atoms with Crippen molar-refractivity contribution in [1.82, 2.24) is 4.98 Å². The van der Waals surface area contributed by atoms with E-state index in [4.69, 9.17) is 16.3 Å². The average molecular weight is 442 g/mol. The first-order valence-electron chi connectivity index (χ1n) is 9.39. The predicted molar refractivity (Wildman–Crippen MR) is 120 cm³/mol. The molecular formula is C22H20ClN3O3S.